The van der Waals surface area contributed by atoms with Gasteiger partial charge in [-0.15, -0.1) is 11.3 Å². The number of anilines is 1. The summed E-state index contributed by atoms with van der Waals surface area (Å²) >= 11 is 7.60. The number of aliphatic hydroxyl groups excluding tert-OH is 1. The first-order valence-corrected chi connectivity index (χ1v) is 10.0. The van der Waals surface area contributed by atoms with Crippen molar-refractivity contribution in [2.75, 3.05) is 12.0 Å². The molecule has 1 unspecified atom stereocenters. The minimum Gasteiger partial charge on any atom is -0.507 e. The minimum atomic E-state index is -0.739. The van der Waals surface area contributed by atoms with Gasteiger partial charge in [0.15, 0.2) is 0 Å². The quantitative estimate of drug-likeness (QED) is 0.361. The molecule has 1 amide bonds. The van der Waals surface area contributed by atoms with Gasteiger partial charge in [0, 0.05) is 16.1 Å². The molecule has 1 N–H and O–H groups in total. The topological polar surface area (TPSA) is 66.8 Å². The molecule has 1 aromatic heterocycles. The number of methoxy groups -OCH3 is 1. The first-order valence-electron chi connectivity index (χ1n) is 8.76. The predicted octanol–water partition coefficient (Wildman–Crippen LogP) is 5.04. The van der Waals surface area contributed by atoms with E-state index in [1.807, 2.05) is 23.6 Å². The van der Waals surface area contributed by atoms with Gasteiger partial charge in [0.05, 0.1) is 17.7 Å². The molecule has 4 rings (SSSR count). The number of aliphatic hydroxyl groups is 1. The highest BCUT2D eigenvalue weighted by atomic mass is 35.5. The van der Waals surface area contributed by atoms with E-state index in [9.17, 15) is 14.7 Å². The van der Waals surface area contributed by atoms with E-state index in [1.165, 1.54) is 29.4 Å². The molecule has 0 radical (unpaired) electrons. The molecule has 0 spiro atoms. The van der Waals surface area contributed by atoms with Gasteiger partial charge in [-0.2, -0.15) is 0 Å². The molecule has 0 saturated carbocycles. The van der Waals surface area contributed by atoms with Gasteiger partial charge in [-0.05, 0) is 41.8 Å². The maximum atomic E-state index is 13.0. The second-order valence-electron chi connectivity index (χ2n) is 6.37. The highest BCUT2D eigenvalue weighted by molar-refractivity contribution is 7.10. The summed E-state index contributed by atoms with van der Waals surface area (Å²) in [5.41, 5.74) is 0.950. The lowest BCUT2D eigenvalue weighted by Crippen LogP contribution is -2.29. The van der Waals surface area contributed by atoms with E-state index in [4.69, 9.17) is 16.3 Å². The van der Waals surface area contributed by atoms with E-state index in [2.05, 4.69) is 0 Å². The third kappa shape index (κ3) is 3.30. The summed E-state index contributed by atoms with van der Waals surface area (Å²) in [5.74, 6) is -1.25. The van der Waals surface area contributed by atoms with Gasteiger partial charge in [0.2, 0.25) is 0 Å². The summed E-state index contributed by atoms with van der Waals surface area (Å²) < 4.78 is 5.14. The molecule has 146 valence electrons. The van der Waals surface area contributed by atoms with Crippen molar-refractivity contribution in [2.24, 2.45) is 0 Å². The van der Waals surface area contributed by atoms with Crippen LogP contribution in [0.15, 0.2) is 71.6 Å². The standard InChI is InChI=1S/C22H16ClNO4S/c1-28-16-10-9-13(12-15(16)23)20(25)18-19(17-8-5-11-29-17)24(22(27)21(18)26)14-6-3-2-4-7-14/h2-12,19,25H,1H3/b20-18-. The molecule has 1 fully saturated rings. The number of hydrogen-bond donors (Lipinski definition) is 1. The van der Waals surface area contributed by atoms with Crippen LogP contribution in [0.3, 0.4) is 0 Å². The number of carbonyl (C=O) groups excluding carboxylic acids is 2. The van der Waals surface area contributed by atoms with Crippen LogP contribution in [-0.4, -0.2) is 23.9 Å². The van der Waals surface area contributed by atoms with Crippen molar-refractivity contribution in [1.29, 1.82) is 0 Å². The van der Waals surface area contributed by atoms with Gasteiger partial charge in [0.1, 0.15) is 17.6 Å². The summed E-state index contributed by atoms with van der Waals surface area (Å²) in [6, 6.07) is 16.6. The smallest absolute Gasteiger partial charge is 0.300 e. The Labute approximate surface area is 176 Å². The molecule has 0 bridgehead atoms. The number of amides is 1. The number of nitrogens with zero attached hydrogens (tertiary/aromatic N) is 1. The SMILES string of the molecule is COc1ccc(/C(O)=C2/C(=O)C(=O)N(c3ccccc3)C2c2cccs2)cc1Cl. The molecule has 2 heterocycles. The third-order valence-corrected chi connectivity index (χ3v) is 5.94. The monoisotopic (exact) mass is 425 g/mol. The zero-order valence-electron chi connectivity index (χ0n) is 15.3. The fraction of sp³-hybridized carbons (Fsp3) is 0.0909. The molecule has 7 heteroatoms. The van der Waals surface area contributed by atoms with Crippen LogP contribution in [0.2, 0.25) is 5.02 Å². The molecule has 2 aromatic carbocycles. The molecular weight excluding hydrogens is 410 g/mol. The second-order valence-corrected chi connectivity index (χ2v) is 7.76. The van der Waals surface area contributed by atoms with Gasteiger partial charge < -0.3 is 9.84 Å². The van der Waals surface area contributed by atoms with Crippen LogP contribution in [0.1, 0.15) is 16.5 Å². The van der Waals surface area contributed by atoms with Crippen LogP contribution in [-0.2, 0) is 9.59 Å². The predicted molar refractivity (Wildman–Crippen MR) is 114 cm³/mol. The van der Waals surface area contributed by atoms with Gasteiger partial charge in [-0.3, -0.25) is 14.5 Å². The Hall–Kier alpha value is -3.09. The molecule has 29 heavy (non-hydrogen) atoms. The number of para-hydroxylation sites is 1. The minimum absolute atomic E-state index is 0.0301. The normalized spacial score (nSPS) is 18.3. The lowest BCUT2D eigenvalue weighted by molar-refractivity contribution is -0.132. The van der Waals surface area contributed by atoms with E-state index in [0.29, 0.717) is 22.0 Å². The van der Waals surface area contributed by atoms with Crippen molar-refractivity contribution < 1.29 is 19.4 Å². The van der Waals surface area contributed by atoms with Gasteiger partial charge >= 0.3 is 0 Å². The number of ketones is 1. The van der Waals surface area contributed by atoms with E-state index in [-0.39, 0.29) is 11.3 Å². The fourth-order valence-electron chi connectivity index (χ4n) is 3.37. The average Bonchev–Trinajstić information content (AvgIpc) is 3.35. The summed E-state index contributed by atoms with van der Waals surface area (Å²) in [6.07, 6.45) is 0. The van der Waals surface area contributed by atoms with Crippen LogP contribution in [0.5, 0.6) is 5.75 Å². The number of halogens is 1. The maximum Gasteiger partial charge on any atom is 0.300 e. The van der Waals surface area contributed by atoms with Crippen molar-refractivity contribution in [3.05, 3.63) is 87.1 Å². The number of thiophene rings is 1. The van der Waals surface area contributed by atoms with E-state index >= 15 is 0 Å². The van der Waals surface area contributed by atoms with Crippen LogP contribution >= 0.6 is 22.9 Å². The molecule has 5 nitrogen and oxygen atoms in total. The number of carbonyl (C=O) groups is 2. The number of benzene rings is 2. The molecule has 3 aromatic rings. The molecule has 1 atom stereocenters. The van der Waals surface area contributed by atoms with Crippen molar-refractivity contribution in [2.45, 2.75) is 6.04 Å². The maximum absolute atomic E-state index is 13.0. The van der Waals surface area contributed by atoms with Crippen LogP contribution < -0.4 is 9.64 Å². The Morgan fingerprint density at radius 2 is 1.86 bits per heavy atom. The van der Waals surface area contributed by atoms with E-state index in [0.717, 1.165) is 4.88 Å². The molecular formula is C22H16ClNO4S. The first-order chi connectivity index (χ1) is 14.0. The van der Waals surface area contributed by atoms with Crippen LogP contribution in [0, 0.1) is 0 Å². The van der Waals surface area contributed by atoms with Gasteiger partial charge in [-0.1, -0.05) is 35.9 Å². The average molecular weight is 426 g/mol. The van der Waals surface area contributed by atoms with Crippen molar-refractivity contribution in [3.8, 4) is 5.75 Å². The van der Waals surface area contributed by atoms with E-state index in [1.54, 1.807) is 36.4 Å². The van der Waals surface area contributed by atoms with Crippen LogP contribution in [0.25, 0.3) is 5.76 Å². The lowest BCUT2D eigenvalue weighted by Gasteiger charge is -2.24. The highest BCUT2D eigenvalue weighted by Crippen LogP contribution is 2.43. The summed E-state index contributed by atoms with van der Waals surface area (Å²) in [5, 5.41) is 13.2. The summed E-state index contributed by atoms with van der Waals surface area (Å²) in [4.78, 5) is 28.1. The highest BCUT2D eigenvalue weighted by Gasteiger charge is 2.47. The van der Waals surface area contributed by atoms with Crippen molar-refractivity contribution in [3.63, 3.8) is 0 Å². The molecule has 1 aliphatic heterocycles. The number of Topliss-reactive ketones (excluding diaryl/α,β-unsaturated/α-hetero) is 1. The van der Waals surface area contributed by atoms with Crippen molar-refractivity contribution >= 4 is 46.1 Å². The number of hydrogen-bond acceptors (Lipinski definition) is 5. The summed E-state index contributed by atoms with van der Waals surface area (Å²) in [6.45, 7) is 0. The van der Waals surface area contributed by atoms with Crippen molar-refractivity contribution in [1.82, 2.24) is 0 Å². The summed E-state index contributed by atoms with van der Waals surface area (Å²) in [7, 11) is 1.49. The third-order valence-electron chi connectivity index (χ3n) is 4.72. The van der Waals surface area contributed by atoms with Gasteiger partial charge in [-0.25, -0.2) is 0 Å². The molecule has 1 saturated heterocycles. The van der Waals surface area contributed by atoms with Gasteiger partial charge in [0.25, 0.3) is 11.7 Å². The Morgan fingerprint density at radius 3 is 2.48 bits per heavy atom. The van der Waals surface area contributed by atoms with E-state index < -0.39 is 17.7 Å². The zero-order valence-corrected chi connectivity index (χ0v) is 16.9. The molecule has 1 aliphatic rings. The second kappa shape index (κ2) is 7.73. The number of rotatable bonds is 4. The Balaban J connectivity index is 1.91. The lowest BCUT2D eigenvalue weighted by atomic mass is 9.99. The zero-order chi connectivity index (χ0) is 20.5. The number of ether oxygens (including phenoxy) is 1. The largest absolute Gasteiger partial charge is 0.507 e. The Kier molecular flexibility index (Phi) is 5.13. The first kappa shape index (κ1) is 19.2. The Morgan fingerprint density at radius 1 is 1.10 bits per heavy atom. The fourth-order valence-corrected chi connectivity index (χ4v) is 4.45. The van der Waals surface area contributed by atoms with Crippen LogP contribution in [0.4, 0.5) is 5.69 Å². The Bertz CT molecular complexity index is 1110. The molecule has 0 aliphatic carbocycles.